The summed E-state index contributed by atoms with van der Waals surface area (Å²) in [4.78, 5) is 25.6. The average molecular weight is 355 g/mol. The van der Waals surface area contributed by atoms with Crippen molar-refractivity contribution in [3.63, 3.8) is 0 Å². The minimum atomic E-state index is -2.87. The smallest absolute Gasteiger partial charge is 0.387 e. The second-order valence-corrected chi connectivity index (χ2v) is 6.37. The monoisotopic (exact) mass is 355 g/mol. The van der Waals surface area contributed by atoms with Crippen LogP contribution in [-0.2, 0) is 16.0 Å². The summed E-state index contributed by atoms with van der Waals surface area (Å²) in [6.45, 7) is -2.87. The van der Waals surface area contributed by atoms with Gasteiger partial charge in [0.25, 0.3) is 0 Å². The Labute approximate surface area is 145 Å². The number of amides is 1. The number of aryl methyl sites for hydroxylation is 1. The zero-order valence-electron chi connectivity index (χ0n) is 14.2. The van der Waals surface area contributed by atoms with Crippen molar-refractivity contribution in [3.8, 4) is 5.75 Å². The lowest BCUT2D eigenvalue weighted by Crippen LogP contribution is -2.56. The molecule has 0 saturated heterocycles. The summed E-state index contributed by atoms with van der Waals surface area (Å²) in [5.41, 5.74) is -0.305. The molecule has 1 aromatic carbocycles. The number of carboxylic acid groups (broad SMARTS) is 1. The quantitative estimate of drug-likeness (QED) is 0.813. The summed E-state index contributed by atoms with van der Waals surface area (Å²) in [6, 6.07) is 6.10. The average Bonchev–Trinajstić information content (AvgIpc) is 2.60. The third-order valence-corrected chi connectivity index (χ3v) is 4.87. The molecule has 0 heterocycles. The molecule has 0 radical (unpaired) electrons. The predicted octanol–water partition coefficient (Wildman–Crippen LogP) is 3.47. The Morgan fingerprint density at radius 1 is 1.20 bits per heavy atom. The lowest BCUT2D eigenvalue weighted by Gasteiger charge is -2.41. The largest absolute Gasteiger partial charge is 0.479 e. The van der Waals surface area contributed by atoms with Gasteiger partial charge in [-0.3, -0.25) is 4.79 Å². The number of likely N-dealkylation sites (N-methyl/N-ethyl adjacent to an activating group) is 1. The van der Waals surface area contributed by atoms with E-state index in [0.29, 0.717) is 19.3 Å². The summed E-state index contributed by atoms with van der Waals surface area (Å²) in [6.07, 6.45) is 4.12. The molecule has 25 heavy (non-hydrogen) atoms. The predicted molar refractivity (Wildman–Crippen MR) is 87.6 cm³/mol. The number of hydrogen-bond acceptors (Lipinski definition) is 3. The number of halogens is 2. The number of carbonyl (C=O) groups is 2. The molecule has 1 saturated carbocycles. The molecule has 0 atom stereocenters. The van der Waals surface area contributed by atoms with Gasteiger partial charge < -0.3 is 14.7 Å². The maximum absolute atomic E-state index is 12.5. The van der Waals surface area contributed by atoms with Crippen LogP contribution in [0.1, 0.15) is 44.1 Å². The lowest BCUT2D eigenvalue weighted by atomic mass is 9.80. The third kappa shape index (κ3) is 4.67. The normalized spacial score (nSPS) is 16.5. The summed E-state index contributed by atoms with van der Waals surface area (Å²) >= 11 is 0. The number of benzene rings is 1. The highest BCUT2D eigenvalue weighted by molar-refractivity contribution is 5.87. The first-order valence-corrected chi connectivity index (χ1v) is 8.39. The summed E-state index contributed by atoms with van der Waals surface area (Å²) in [7, 11) is 1.56. The zero-order valence-corrected chi connectivity index (χ0v) is 14.2. The van der Waals surface area contributed by atoms with E-state index < -0.39 is 18.1 Å². The molecule has 1 aliphatic rings. The number of carbonyl (C=O) groups excluding carboxylic acids is 1. The molecule has 0 aromatic heterocycles. The van der Waals surface area contributed by atoms with Crippen molar-refractivity contribution >= 4 is 11.9 Å². The third-order valence-electron chi connectivity index (χ3n) is 4.87. The highest BCUT2D eigenvalue weighted by Crippen LogP contribution is 2.33. The topological polar surface area (TPSA) is 66.8 Å². The van der Waals surface area contributed by atoms with Crippen LogP contribution in [-0.4, -0.2) is 41.1 Å². The molecule has 2 rings (SSSR count). The fraction of sp³-hybridized carbons (Fsp3) is 0.556. The van der Waals surface area contributed by atoms with E-state index >= 15 is 0 Å². The van der Waals surface area contributed by atoms with E-state index in [1.165, 1.54) is 17.0 Å². The number of ether oxygens (including phenoxy) is 1. The van der Waals surface area contributed by atoms with Gasteiger partial charge >= 0.3 is 12.6 Å². The van der Waals surface area contributed by atoms with Crippen molar-refractivity contribution in [1.29, 1.82) is 0 Å². The van der Waals surface area contributed by atoms with E-state index in [0.717, 1.165) is 24.8 Å². The molecule has 1 aromatic rings. The van der Waals surface area contributed by atoms with Gasteiger partial charge in [0.1, 0.15) is 11.3 Å². The number of hydrogen-bond donors (Lipinski definition) is 1. The van der Waals surface area contributed by atoms with Gasteiger partial charge in [0.2, 0.25) is 5.91 Å². The van der Waals surface area contributed by atoms with Crippen molar-refractivity contribution in [2.45, 2.75) is 57.1 Å². The van der Waals surface area contributed by atoms with E-state index in [9.17, 15) is 23.5 Å². The van der Waals surface area contributed by atoms with E-state index in [2.05, 4.69) is 4.74 Å². The Hall–Kier alpha value is -2.18. The zero-order chi connectivity index (χ0) is 18.4. The van der Waals surface area contributed by atoms with Crippen molar-refractivity contribution in [3.05, 3.63) is 29.8 Å². The van der Waals surface area contributed by atoms with E-state index in [1.807, 2.05) is 0 Å². The molecule has 138 valence electrons. The molecule has 0 unspecified atom stereocenters. The molecule has 1 N–H and O–H groups in total. The molecule has 7 heteroatoms. The molecule has 1 fully saturated rings. The fourth-order valence-electron chi connectivity index (χ4n) is 3.32. The highest BCUT2D eigenvalue weighted by atomic mass is 19.3. The maximum atomic E-state index is 12.5. The standard InChI is InChI=1S/C18H23F2NO4/c1-21(18(16(23)24)11-3-2-4-12-18)15(22)10-7-13-5-8-14(9-6-13)25-17(19)20/h5-6,8-9,17H,2-4,7,10-12H2,1H3,(H,23,24). The number of nitrogens with zero attached hydrogens (tertiary/aromatic N) is 1. The molecular formula is C18H23F2NO4. The molecule has 0 bridgehead atoms. The van der Waals surface area contributed by atoms with Crippen LogP contribution in [0.4, 0.5) is 8.78 Å². The van der Waals surface area contributed by atoms with Gasteiger partial charge in [-0.2, -0.15) is 8.78 Å². The van der Waals surface area contributed by atoms with Crippen molar-refractivity contribution in [2.24, 2.45) is 0 Å². The minimum absolute atomic E-state index is 0.0641. The van der Waals surface area contributed by atoms with E-state index in [4.69, 9.17) is 0 Å². The number of alkyl halides is 2. The first kappa shape index (κ1) is 19.1. The van der Waals surface area contributed by atoms with Crippen molar-refractivity contribution < 1.29 is 28.2 Å². The van der Waals surface area contributed by atoms with Gasteiger partial charge in [-0.05, 0) is 37.0 Å². The Morgan fingerprint density at radius 3 is 2.32 bits per heavy atom. The molecule has 0 spiro atoms. The first-order chi connectivity index (χ1) is 11.8. The number of rotatable bonds is 7. The summed E-state index contributed by atoms with van der Waals surface area (Å²) < 4.78 is 28.5. The van der Waals surface area contributed by atoms with E-state index in [1.54, 1.807) is 19.2 Å². The van der Waals surface area contributed by atoms with Gasteiger partial charge in [0.15, 0.2) is 0 Å². The van der Waals surface area contributed by atoms with Gasteiger partial charge in [0.05, 0.1) is 0 Å². The SMILES string of the molecule is CN(C(=O)CCc1ccc(OC(F)F)cc1)C1(C(=O)O)CCCCC1. The lowest BCUT2D eigenvalue weighted by molar-refractivity contribution is -0.160. The van der Waals surface area contributed by atoms with Crippen LogP contribution in [0.5, 0.6) is 5.75 Å². The first-order valence-electron chi connectivity index (χ1n) is 8.39. The van der Waals surface area contributed by atoms with Crippen LogP contribution in [0.15, 0.2) is 24.3 Å². The van der Waals surface area contributed by atoms with Crippen molar-refractivity contribution in [2.75, 3.05) is 7.05 Å². The van der Waals surface area contributed by atoms with Crippen LogP contribution in [0.3, 0.4) is 0 Å². The van der Waals surface area contributed by atoms with Crippen molar-refractivity contribution in [1.82, 2.24) is 4.90 Å². The van der Waals surface area contributed by atoms with Gasteiger partial charge in [-0.15, -0.1) is 0 Å². The Bertz CT molecular complexity index is 598. The Balaban J connectivity index is 1.95. The summed E-state index contributed by atoms with van der Waals surface area (Å²) in [5.74, 6) is -1.11. The molecule has 5 nitrogen and oxygen atoms in total. The molecule has 1 amide bonds. The second kappa shape index (κ2) is 8.27. The van der Waals surface area contributed by atoms with Crippen LogP contribution < -0.4 is 4.74 Å². The second-order valence-electron chi connectivity index (χ2n) is 6.37. The molecular weight excluding hydrogens is 332 g/mol. The van der Waals surface area contributed by atoms with Crippen LogP contribution in [0.25, 0.3) is 0 Å². The van der Waals surface area contributed by atoms with Gasteiger partial charge in [0, 0.05) is 13.5 Å². The van der Waals surface area contributed by atoms with E-state index in [-0.39, 0.29) is 18.1 Å². The Kier molecular flexibility index (Phi) is 6.33. The minimum Gasteiger partial charge on any atom is -0.479 e. The fourth-order valence-corrected chi connectivity index (χ4v) is 3.32. The van der Waals surface area contributed by atoms with Gasteiger partial charge in [-0.25, -0.2) is 4.79 Å². The number of carboxylic acids is 1. The Morgan fingerprint density at radius 2 is 1.80 bits per heavy atom. The molecule has 1 aliphatic carbocycles. The van der Waals surface area contributed by atoms with Crippen LogP contribution in [0.2, 0.25) is 0 Å². The van der Waals surface area contributed by atoms with Crippen LogP contribution in [0, 0.1) is 0 Å². The maximum Gasteiger partial charge on any atom is 0.387 e. The number of aliphatic carboxylic acids is 1. The molecule has 0 aliphatic heterocycles. The highest BCUT2D eigenvalue weighted by Gasteiger charge is 2.45. The van der Waals surface area contributed by atoms with Crippen LogP contribution >= 0.6 is 0 Å². The summed E-state index contributed by atoms with van der Waals surface area (Å²) in [5, 5.41) is 9.63. The van der Waals surface area contributed by atoms with Gasteiger partial charge in [-0.1, -0.05) is 31.4 Å².